The number of halogens is 1. The first-order chi connectivity index (χ1) is 9.94. The Kier molecular flexibility index (Phi) is 5.88. The lowest BCUT2D eigenvalue weighted by Gasteiger charge is -2.16. The Morgan fingerprint density at radius 1 is 1.43 bits per heavy atom. The Labute approximate surface area is 135 Å². The summed E-state index contributed by atoms with van der Waals surface area (Å²) in [4.78, 5) is 0.190. The van der Waals surface area contributed by atoms with Gasteiger partial charge in [0.2, 0.25) is 10.0 Å². The highest BCUT2D eigenvalue weighted by Crippen LogP contribution is 2.30. The van der Waals surface area contributed by atoms with Gasteiger partial charge in [-0.2, -0.15) is 0 Å². The normalized spacial score (nSPS) is 22.8. The molecule has 0 amide bonds. The van der Waals surface area contributed by atoms with E-state index in [-0.39, 0.29) is 15.6 Å². The summed E-state index contributed by atoms with van der Waals surface area (Å²) in [5.74, 6) is 1.01. The highest BCUT2D eigenvalue weighted by molar-refractivity contribution is 9.10. The predicted octanol–water partition coefficient (Wildman–Crippen LogP) is 3.01. The van der Waals surface area contributed by atoms with Crippen LogP contribution in [0.25, 0.3) is 0 Å². The molecule has 1 heterocycles. The quantitative estimate of drug-likeness (QED) is 0.715. The molecule has 7 heteroatoms. The Morgan fingerprint density at radius 2 is 2.19 bits per heavy atom. The summed E-state index contributed by atoms with van der Waals surface area (Å²) in [7, 11) is -3.54. The summed E-state index contributed by atoms with van der Waals surface area (Å²) < 4.78 is 33.5. The van der Waals surface area contributed by atoms with Gasteiger partial charge in [-0.15, -0.1) is 0 Å². The Balaban J connectivity index is 2.08. The maximum absolute atomic E-state index is 12.5. The van der Waals surface area contributed by atoms with Gasteiger partial charge in [-0.1, -0.05) is 20.3 Å². The fraction of sp³-hybridized carbons (Fsp3) is 0.714. The maximum atomic E-state index is 12.5. The average Bonchev–Trinajstić information content (AvgIpc) is 2.97. The second kappa shape index (κ2) is 7.26. The van der Waals surface area contributed by atoms with Crippen molar-refractivity contribution in [2.45, 2.75) is 57.0 Å². The summed E-state index contributed by atoms with van der Waals surface area (Å²) in [6.45, 7) is 5.57. The molecule has 1 saturated carbocycles. The fourth-order valence-corrected chi connectivity index (χ4v) is 5.02. The van der Waals surface area contributed by atoms with Gasteiger partial charge >= 0.3 is 0 Å². The topological polar surface area (TPSA) is 71.3 Å². The van der Waals surface area contributed by atoms with Gasteiger partial charge in [0.05, 0.1) is 6.54 Å². The van der Waals surface area contributed by atoms with Crippen LogP contribution in [0.5, 0.6) is 0 Å². The smallest absolute Gasteiger partial charge is 0.245 e. The third kappa shape index (κ3) is 4.31. The van der Waals surface area contributed by atoms with Crippen LogP contribution in [0.3, 0.4) is 0 Å². The second-order valence-corrected chi connectivity index (χ2v) is 8.07. The van der Waals surface area contributed by atoms with Gasteiger partial charge in [-0.25, -0.2) is 13.1 Å². The molecule has 0 spiro atoms. The first kappa shape index (κ1) is 17.0. The molecule has 2 atom stereocenters. The van der Waals surface area contributed by atoms with Gasteiger partial charge in [0, 0.05) is 12.1 Å². The Hall–Kier alpha value is -0.370. The predicted molar refractivity (Wildman–Crippen MR) is 85.5 cm³/mol. The van der Waals surface area contributed by atoms with Crippen molar-refractivity contribution in [2.24, 2.45) is 5.92 Å². The van der Waals surface area contributed by atoms with Crippen LogP contribution in [0.2, 0.25) is 0 Å². The molecular weight excluding hydrogens is 356 g/mol. The molecule has 0 bridgehead atoms. The molecule has 0 saturated heterocycles. The van der Waals surface area contributed by atoms with Crippen LogP contribution in [0.4, 0.5) is 0 Å². The van der Waals surface area contributed by atoms with Gasteiger partial charge in [0.25, 0.3) is 0 Å². The molecule has 21 heavy (non-hydrogen) atoms. The van der Waals surface area contributed by atoms with Crippen LogP contribution in [0.15, 0.2) is 20.0 Å². The van der Waals surface area contributed by atoms with Crippen LogP contribution in [-0.4, -0.2) is 21.0 Å². The lowest BCUT2D eigenvalue weighted by Crippen LogP contribution is -2.36. The molecule has 2 unspecified atom stereocenters. The standard InChI is InChI=1S/C14H23BrN2O3S/c1-3-7-16-9-11-8-13(14(15)20-11)21(18,19)17-12-6-4-5-10(12)2/h8,10,12,16-17H,3-7,9H2,1-2H3. The van der Waals surface area contributed by atoms with Crippen molar-refractivity contribution in [1.29, 1.82) is 0 Å². The molecule has 5 nitrogen and oxygen atoms in total. The number of hydrogen-bond acceptors (Lipinski definition) is 4. The molecular formula is C14H23BrN2O3S. The van der Waals surface area contributed by atoms with Crippen LogP contribution in [0, 0.1) is 5.92 Å². The first-order valence-electron chi connectivity index (χ1n) is 7.45. The highest BCUT2D eigenvalue weighted by Gasteiger charge is 2.30. The van der Waals surface area contributed by atoms with Crippen molar-refractivity contribution in [3.63, 3.8) is 0 Å². The lowest BCUT2D eigenvalue weighted by atomic mass is 10.1. The molecule has 0 aromatic carbocycles. The molecule has 1 aromatic heterocycles. The van der Waals surface area contributed by atoms with E-state index in [1.807, 2.05) is 0 Å². The first-order valence-corrected chi connectivity index (χ1v) is 9.73. The Bertz CT molecular complexity index is 571. The zero-order valence-electron chi connectivity index (χ0n) is 12.5. The monoisotopic (exact) mass is 378 g/mol. The summed E-state index contributed by atoms with van der Waals surface area (Å²) in [6, 6.07) is 1.62. The molecule has 1 aliphatic carbocycles. The van der Waals surface area contributed by atoms with Crippen molar-refractivity contribution in [3.8, 4) is 0 Å². The van der Waals surface area contributed by atoms with E-state index in [4.69, 9.17) is 4.42 Å². The molecule has 2 N–H and O–H groups in total. The lowest BCUT2D eigenvalue weighted by molar-refractivity contribution is 0.458. The minimum absolute atomic E-state index is 0.0264. The van der Waals surface area contributed by atoms with E-state index in [1.165, 1.54) is 0 Å². The van der Waals surface area contributed by atoms with E-state index < -0.39 is 10.0 Å². The molecule has 1 aromatic rings. The molecule has 0 aliphatic heterocycles. The Morgan fingerprint density at radius 3 is 2.81 bits per heavy atom. The number of rotatable bonds is 7. The van der Waals surface area contributed by atoms with E-state index in [0.717, 1.165) is 32.2 Å². The van der Waals surface area contributed by atoms with Gasteiger partial charge in [0.1, 0.15) is 10.7 Å². The number of sulfonamides is 1. The summed E-state index contributed by atoms with van der Waals surface area (Å²) in [5.41, 5.74) is 0. The highest BCUT2D eigenvalue weighted by atomic mass is 79.9. The largest absolute Gasteiger partial charge is 0.452 e. The molecule has 1 aliphatic rings. The average molecular weight is 379 g/mol. The molecule has 1 fully saturated rings. The van der Waals surface area contributed by atoms with Crippen molar-refractivity contribution < 1.29 is 12.8 Å². The number of nitrogens with one attached hydrogen (secondary N) is 2. The second-order valence-electron chi connectivity index (χ2n) is 5.66. The van der Waals surface area contributed by atoms with Gasteiger partial charge in [-0.05, 0) is 47.7 Å². The third-order valence-corrected chi connectivity index (χ3v) is 6.24. The molecule has 2 rings (SSSR count). The van der Waals surface area contributed by atoms with Crippen LogP contribution >= 0.6 is 15.9 Å². The number of furan rings is 1. The summed E-state index contributed by atoms with van der Waals surface area (Å²) in [6.07, 6.45) is 4.08. The van der Waals surface area contributed by atoms with E-state index in [9.17, 15) is 8.42 Å². The van der Waals surface area contributed by atoms with Crippen molar-refractivity contribution >= 4 is 26.0 Å². The van der Waals surface area contributed by atoms with E-state index in [2.05, 4.69) is 39.8 Å². The van der Waals surface area contributed by atoms with Gasteiger partial charge in [0.15, 0.2) is 4.67 Å². The molecule has 0 radical (unpaired) electrons. The third-order valence-electron chi connectivity index (χ3n) is 3.89. The van der Waals surface area contributed by atoms with Crippen LogP contribution in [0.1, 0.15) is 45.3 Å². The van der Waals surface area contributed by atoms with Crippen LogP contribution in [-0.2, 0) is 16.6 Å². The summed E-state index contributed by atoms with van der Waals surface area (Å²) in [5, 5.41) is 3.19. The van der Waals surface area contributed by atoms with E-state index in [0.29, 0.717) is 18.2 Å². The molecule has 120 valence electrons. The minimum Gasteiger partial charge on any atom is -0.452 e. The maximum Gasteiger partial charge on any atom is 0.245 e. The SMILES string of the molecule is CCCNCc1cc(S(=O)(=O)NC2CCCC2C)c(Br)o1. The fourth-order valence-electron chi connectivity index (χ4n) is 2.64. The van der Waals surface area contributed by atoms with Crippen molar-refractivity contribution in [2.75, 3.05) is 6.54 Å². The van der Waals surface area contributed by atoms with E-state index in [1.54, 1.807) is 6.07 Å². The minimum atomic E-state index is -3.54. The van der Waals surface area contributed by atoms with Crippen molar-refractivity contribution in [3.05, 3.63) is 16.5 Å². The summed E-state index contributed by atoms with van der Waals surface area (Å²) >= 11 is 3.21. The zero-order chi connectivity index (χ0) is 15.5. The van der Waals surface area contributed by atoms with E-state index >= 15 is 0 Å². The van der Waals surface area contributed by atoms with Crippen molar-refractivity contribution in [1.82, 2.24) is 10.0 Å². The zero-order valence-corrected chi connectivity index (χ0v) is 14.9. The van der Waals surface area contributed by atoms with Gasteiger partial charge in [-0.3, -0.25) is 0 Å². The van der Waals surface area contributed by atoms with Crippen LogP contribution < -0.4 is 10.0 Å². The number of hydrogen-bond donors (Lipinski definition) is 2. The van der Waals surface area contributed by atoms with Gasteiger partial charge < -0.3 is 9.73 Å².